The average molecular weight is 573 g/mol. The molecule has 3 rings (SSSR count). The Bertz CT molecular complexity index is 1290. The fourth-order valence-corrected chi connectivity index (χ4v) is 4.00. The van der Waals surface area contributed by atoms with Gasteiger partial charge in [0.1, 0.15) is 6.54 Å². The molecule has 0 saturated heterocycles. The van der Waals surface area contributed by atoms with Crippen LogP contribution in [-0.2, 0) is 28.5 Å². The Hall–Kier alpha value is -3.79. The zero-order valence-corrected chi connectivity index (χ0v) is 20.3. The molecule has 2 N–H and O–H groups in total. The fraction of sp³-hybridized carbons (Fsp3) is 0.455. The van der Waals surface area contributed by atoms with E-state index in [1.807, 2.05) is 0 Å². The number of rotatable bonds is 6. The van der Waals surface area contributed by atoms with Crippen molar-refractivity contribution in [2.45, 2.75) is 44.4 Å². The molecule has 1 atom stereocenters. The van der Waals surface area contributed by atoms with Crippen molar-refractivity contribution in [3.05, 3.63) is 51.8 Å². The van der Waals surface area contributed by atoms with Crippen LogP contribution in [0.15, 0.2) is 23.4 Å². The van der Waals surface area contributed by atoms with E-state index in [2.05, 4.69) is 15.6 Å². The molecule has 0 spiro atoms. The van der Waals surface area contributed by atoms with E-state index in [-0.39, 0.29) is 34.0 Å². The van der Waals surface area contributed by atoms with Crippen LogP contribution in [0.1, 0.15) is 44.9 Å². The molecule has 1 aliphatic rings. The average Bonchev–Trinajstić information content (AvgIpc) is 3.40. The summed E-state index contributed by atoms with van der Waals surface area (Å²) in [4.78, 5) is 28.9. The fourth-order valence-electron chi connectivity index (χ4n) is 4.00. The Morgan fingerprint density at radius 3 is 2.08 bits per heavy atom. The van der Waals surface area contributed by atoms with Gasteiger partial charge in [0.25, 0.3) is 11.5 Å². The Morgan fingerprint density at radius 2 is 1.59 bits per heavy atom. The molecule has 1 aliphatic heterocycles. The van der Waals surface area contributed by atoms with E-state index >= 15 is 0 Å². The lowest BCUT2D eigenvalue weighted by Gasteiger charge is -2.28. The Kier molecular flexibility index (Phi) is 7.68. The number of halogens is 9. The summed E-state index contributed by atoms with van der Waals surface area (Å²) in [5, 5.41) is 10.4. The quantitative estimate of drug-likeness (QED) is 0.510. The Morgan fingerprint density at radius 1 is 1.00 bits per heavy atom. The molecule has 39 heavy (non-hydrogen) atoms. The van der Waals surface area contributed by atoms with Crippen LogP contribution >= 0.6 is 0 Å². The van der Waals surface area contributed by atoms with Gasteiger partial charge in [0.15, 0.2) is 5.69 Å². The first-order chi connectivity index (χ1) is 17.7. The number of carbonyl (C=O) groups excluding carboxylic acids is 2. The molecule has 1 aromatic heterocycles. The summed E-state index contributed by atoms with van der Waals surface area (Å²) in [6.07, 6.45) is -15.9. The minimum Gasteiger partial charge on any atom is -0.372 e. The summed E-state index contributed by atoms with van der Waals surface area (Å²) in [6.45, 7) is 0.474. The highest BCUT2D eigenvalue weighted by molar-refractivity contribution is 6.04. The van der Waals surface area contributed by atoms with E-state index in [1.165, 1.54) is 26.0 Å². The Labute approximate surface area is 214 Å². The molecule has 2 aromatic rings. The molecule has 1 aromatic carbocycles. The van der Waals surface area contributed by atoms with Crippen molar-refractivity contribution in [3.63, 3.8) is 0 Å². The van der Waals surface area contributed by atoms with Crippen molar-refractivity contribution in [1.82, 2.24) is 20.4 Å². The van der Waals surface area contributed by atoms with Gasteiger partial charge >= 0.3 is 18.5 Å². The van der Waals surface area contributed by atoms with Gasteiger partial charge in [-0.15, -0.1) is 0 Å². The maximum absolute atomic E-state index is 14.2. The topological polar surface area (TPSA) is 97.6 Å². The molecule has 0 radical (unpaired) electrons. The maximum atomic E-state index is 14.2. The van der Waals surface area contributed by atoms with Gasteiger partial charge < -0.3 is 15.5 Å². The normalized spacial score (nSPS) is 18.0. The molecule has 2 amide bonds. The van der Waals surface area contributed by atoms with Crippen LogP contribution < -0.4 is 10.6 Å². The van der Waals surface area contributed by atoms with Crippen molar-refractivity contribution in [2.24, 2.45) is 12.2 Å². The number of alkyl halides is 9. The van der Waals surface area contributed by atoms with Gasteiger partial charge in [-0.05, 0) is 43.2 Å². The number of nitrogens with zero attached hydrogens (tertiary/aromatic N) is 3. The van der Waals surface area contributed by atoms with Crippen LogP contribution in [0.2, 0.25) is 0 Å². The predicted octanol–water partition coefficient (Wildman–Crippen LogP) is 4.05. The first kappa shape index (κ1) is 29.8. The lowest BCUT2D eigenvalue weighted by atomic mass is 9.88. The Balaban J connectivity index is 1.83. The smallest absolute Gasteiger partial charge is 0.372 e. The highest BCUT2D eigenvalue weighted by Gasteiger charge is 2.64. The molecule has 0 aliphatic carbocycles. The molecule has 0 saturated carbocycles. The van der Waals surface area contributed by atoms with E-state index < -0.39 is 66.8 Å². The summed E-state index contributed by atoms with van der Waals surface area (Å²) >= 11 is 0. The van der Waals surface area contributed by atoms with Gasteiger partial charge in [0.05, 0.1) is 24.4 Å². The van der Waals surface area contributed by atoms with Crippen molar-refractivity contribution in [1.29, 1.82) is 0 Å². The molecule has 1 unspecified atom stereocenters. The number of aromatic nitrogens is 2. The largest absolute Gasteiger partial charge is 0.437 e. The monoisotopic (exact) mass is 573 g/mol. The van der Waals surface area contributed by atoms with E-state index in [0.29, 0.717) is 4.68 Å². The minimum absolute atomic E-state index is 0.00502. The summed E-state index contributed by atoms with van der Waals surface area (Å²) in [7, 11) is 0.907. The second-order valence-corrected chi connectivity index (χ2v) is 8.73. The van der Waals surface area contributed by atoms with Crippen LogP contribution in [-0.4, -0.2) is 52.7 Å². The number of benzene rings is 1. The maximum Gasteiger partial charge on any atom is 0.437 e. The minimum atomic E-state index is -5.20. The van der Waals surface area contributed by atoms with Crippen LogP contribution in [0.5, 0.6) is 0 Å². The second-order valence-electron chi connectivity index (χ2n) is 8.73. The first-order valence-electron chi connectivity index (χ1n) is 10.9. The van der Waals surface area contributed by atoms with Gasteiger partial charge in [-0.25, -0.2) is 0 Å². The number of hydrogen-bond donors (Lipinski definition) is 2. The summed E-state index contributed by atoms with van der Waals surface area (Å²) in [5.41, 5.74) is -5.50. The third-order valence-corrected chi connectivity index (χ3v) is 5.76. The third-order valence-electron chi connectivity index (χ3n) is 5.76. The molecule has 2 heterocycles. The number of hydrogen-bond acceptors (Lipinski definition) is 5. The molecular weight excluding hydrogens is 553 g/mol. The molecule has 0 bridgehead atoms. The van der Waals surface area contributed by atoms with Crippen LogP contribution in [0.3, 0.4) is 0 Å². The number of carbonyl (C=O) groups is 2. The predicted molar refractivity (Wildman–Crippen MR) is 115 cm³/mol. The van der Waals surface area contributed by atoms with Crippen LogP contribution in [0.25, 0.3) is 0 Å². The first-order valence-corrected chi connectivity index (χ1v) is 10.9. The van der Waals surface area contributed by atoms with E-state index in [1.54, 1.807) is 5.32 Å². The second kappa shape index (κ2) is 10.1. The van der Waals surface area contributed by atoms with Crippen LogP contribution in [0, 0.1) is 13.8 Å². The lowest BCUT2D eigenvalue weighted by Crippen LogP contribution is -2.44. The van der Waals surface area contributed by atoms with Gasteiger partial charge in [-0.2, -0.15) is 44.6 Å². The highest BCUT2D eigenvalue weighted by Crippen LogP contribution is 2.49. The summed E-state index contributed by atoms with van der Waals surface area (Å²) in [5.74, 6) is -1.93. The van der Waals surface area contributed by atoms with Crippen molar-refractivity contribution in [2.75, 3.05) is 13.1 Å². The molecule has 8 nitrogen and oxygen atoms in total. The summed E-state index contributed by atoms with van der Waals surface area (Å²) in [6, 6.07) is 2.80. The number of aryl methyl sites for hydroxylation is 3. The van der Waals surface area contributed by atoms with Crippen molar-refractivity contribution < 1.29 is 53.9 Å². The lowest BCUT2D eigenvalue weighted by molar-refractivity contribution is -0.278. The molecular formula is C22H20F9N5O3. The van der Waals surface area contributed by atoms with Gasteiger partial charge in [-0.3, -0.25) is 14.3 Å². The third kappa shape index (κ3) is 6.27. The SMILES string of the molecule is Cc1cc(C2=NOC(c3cc(C(F)(F)F)nn3C)(C(F)(F)F)C2)cc(C)c1C(=O)NCC(=O)NCC(F)(F)F. The van der Waals surface area contributed by atoms with Gasteiger partial charge in [-0.1, -0.05) is 5.16 Å². The summed E-state index contributed by atoms with van der Waals surface area (Å²) < 4.78 is 119. The number of nitrogens with one attached hydrogen (secondary N) is 2. The van der Waals surface area contributed by atoms with Crippen LogP contribution in [0.4, 0.5) is 39.5 Å². The molecule has 17 heteroatoms. The van der Waals surface area contributed by atoms with Crippen molar-refractivity contribution >= 4 is 17.5 Å². The van der Waals surface area contributed by atoms with E-state index in [9.17, 15) is 49.1 Å². The van der Waals surface area contributed by atoms with Crippen molar-refractivity contribution in [3.8, 4) is 0 Å². The molecule has 214 valence electrons. The van der Waals surface area contributed by atoms with E-state index in [0.717, 1.165) is 7.05 Å². The number of oxime groups is 1. The van der Waals surface area contributed by atoms with Gasteiger partial charge in [0, 0.05) is 18.2 Å². The zero-order valence-electron chi connectivity index (χ0n) is 20.3. The zero-order chi connectivity index (χ0) is 29.6. The van der Waals surface area contributed by atoms with Gasteiger partial charge in [0.2, 0.25) is 5.91 Å². The molecule has 0 fully saturated rings. The highest BCUT2D eigenvalue weighted by atomic mass is 19.4. The number of amides is 2. The standard InChI is InChI=1S/C22H20F9N5O3/c1-10-4-12(5-11(2)17(10)18(38)32-8-16(37)33-9-20(23,24)25)13-7-19(39-35-13,22(29,30)31)15-6-14(21(26,27)28)34-36(15)3/h4-6H,7-9H2,1-3H3,(H,32,38)(H,33,37). The van der Waals surface area contributed by atoms with E-state index in [4.69, 9.17) is 4.84 Å².